The van der Waals surface area contributed by atoms with Crippen LogP contribution < -0.4 is 0 Å². The van der Waals surface area contributed by atoms with E-state index < -0.39 is 0 Å². The molecule has 0 fully saturated rings. The minimum absolute atomic E-state index is 0.443. The van der Waals surface area contributed by atoms with Crippen molar-refractivity contribution in [1.29, 1.82) is 0 Å². The largest absolute Gasteiger partial charge is 0.487 e. The van der Waals surface area contributed by atoms with Crippen molar-refractivity contribution in [3.05, 3.63) is 107 Å². The van der Waals surface area contributed by atoms with E-state index in [2.05, 4.69) is 64.7 Å². The van der Waals surface area contributed by atoms with Gasteiger partial charge in [-0.15, -0.1) is 0 Å². The zero-order valence-electron chi connectivity index (χ0n) is 19.2. The predicted octanol–water partition coefficient (Wildman–Crippen LogP) is 6.89. The Labute approximate surface area is 196 Å². The number of hydrogen-bond donors (Lipinski definition) is 2. The highest BCUT2D eigenvalue weighted by Gasteiger charge is 2.20. The number of hydrogen-bond acceptors (Lipinski definition) is 2. The molecule has 1 unspecified atom stereocenters. The normalized spacial score (nSPS) is 20.6. The maximum Gasteiger partial charge on any atom is 0.147 e. The van der Waals surface area contributed by atoms with Crippen LogP contribution in [0.25, 0.3) is 0 Å². The molecule has 2 aromatic heterocycles. The Balaban J connectivity index is 1.39. The van der Waals surface area contributed by atoms with E-state index in [-0.39, 0.29) is 0 Å². The monoisotopic (exact) mass is 439 g/mol. The second-order valence-corrected chi connectivity index (χ2v) is 9.22. The standard InChI is InChI=1S/C29H33N3O/c1-2-5-12-23(16-24-17-25(31-20-24)13-8-3-1)18-28-29(33-21-22-10-6-4-7-11-22)19-27(32-28)26-14-9-15-30-26/h4,6-7,9-11,14-15,17-20,23,30-31H,1-3,5,8,12-13,16,21H2/b28-18-. The first-order chi connectivity index (χ1) is 16.3. The number of aryl methyl sites for hydroxylation is 1. The van der Waals surface area contributed by atoms with Crippen molar-refractivity contribution in [2.45, 2.75) is 58.0 Å². The summed E-state index contributed by atoms with van der Waals surface area (Å²) in [5.41, 5.74) is 6.85. The molecular weight excluding hydrogens is 406 g/mol. The minimum Gasteiger partial charge on any atom is -0.487 e. The van der Waals surface area contributed by atoms with Crippen LogP contribution in [0.5, 0.6) is 0 Å². The van der Waals surface area contributed by atoms with Gasteiger partial charge in [0.1, 0.15) is 18.1 Å². The molecule has 2 bridgehead atoms. The smallest absolute Gasteiger partial charge is 0.147 e. The van der Waals surface area contributed by atoms with Gasteiger partial charge in [0.05, 0.1) is 11.4 Å². The summed E-state index contributed by atoms with van der Waals surface area (Å²) >= 11 is 0. The highest BCUT2D eigenvalue weighted by Crippen LogP contribution is 2.29. The van der Waals surface area contributed by atoms with Crippen LogP contribution >= 0.6 is 0 Å². The van der Waals surface area contributed by atoms with Crippen LogP contribution in [0, 0.1) is 5.92 Å². The van der Waals surface area contributed by atoms with Gasteiger partial charge in [0.25, 0.3) is 0 Å². The first kappa shape index (κ1) is 21.6. The number of allylic oxidation sites excluding steroid dienone is 2. The first-order valence-electron chi connectivity index (χ1n) is 12.3. The molecule has 5 rings (SSSR count). The molecule has 2 aliphatic rings. The van der Waals surface area contributed by atoms with E-state index in [1.54, 1.807) is 0 Å². The summed E-state index contributed by atoms with van der Waals surface area (Å²) in [7, 11) is 0. The number of fused-ring (bicyclic) bond motifs is 2. The summed E-state index contributed by atoms with van der Waals surface area (Å²) < 4.78 is 6.30. The zero-order valence-corrected chi connectivity index (χ0v) is 19.2. The number of aromatic amines is 2. The second-order valence-electron chi connectivity index (χ2n) is 9.22. The van der Waals surface area contributed by atoms with Gasteiger partial charge in [-0.3, -0.25) is 0 Å². The fraction of sp³-hybridized carbons (Fsp3) is 0.345. The van der Waals surface area contributed by atoms with Gasteiger partial charge in [-0.05, 0) is 60.9 Å². The molecule has 3 aromatic rings. The van der Waals surface area contributed by atoms with E-state index in [1.165, 1.54) is 49.8 Å². The van der Waals surface area contributed by atoms with Gasteiger partial charge in [0.2, 0.25) is 0 Å². The lowest BCUT2D eigenvalue weighted by Gasteiger charge is -2.15. The maximum absolute atomic E-state index is 6.30. The molecule has 0 saturated heterocycles. The molecule has 0 saturated carbocycles. The number of benzene rings is 1. The topological polar surface area (TPSA) is 53.2 Å². The molecule has 3 heterocycles. The van der Waals surface area contributed by atoms with Crippen LogP contribution in [0.2, 0.25) is 0 Å². The molecule has 1 aromatic carbocycles. The Kier molecular flexibility index (Phi) is 6.90. The Morgan fingerprint density at radius 2 is 1.85 bits per heavy atom. The molecule has 1 aliphatic carbocycles. The third-order valence-electron chi connectivity index (χ3n) is 6.59. The van der Waals surface area contributed by atoms with Gasteiger partial charge in [-0.25, -0.2) is 4.99 Å². The maximum atomic E-state index is 6.30. The van der Waals surface area contributed by atoms with E-state index in [0.717, 1.165) is 41.3 Å². The molecule has 33 heavy (non-hydrogen) atoms. The summed E-state index contributed by atoms with van der Waals surface area (Å²) in [4.78, 5) is 11.8. The molecule has 4 nitrogen and oxygen atoms in total. The van der Waals surface area contributed by atoms with Crippen molar-refractivity contribution >= 4 is 5.71 Å². The first-order valence-corrected chi connectivity index (χ1v) is 12.3. The Bertz CT molecular complexity index is 1120. The second kappa shape index (κ2) is 10.6. The Morgan fingerprint density at radius 3 is 2.73 bits per heavy atom. The van der Waals surface area contributed by atoms with Crippen LogP contribution in [0.4, 0.5) is 0 Å². The highest BCUT2D eigenvalue weighted by molar-refractivity contribution is 6.10. The number of aromatic nitrogens is 2. The lowest BCUT2D eigenvalue weighted by atomic mass is 9.92. The van der Waals surface area contributed by atoms with Gasteiger partial charge in [-0.2, -0.15) is 0 Å². The average Bonchev–Trinajstić information content (AvgIpc) is 3.58. The van der Waals surface area contributed by atoms with Gasteiger partial charge in [0, 0.05) is 24.2 Å². The average molecular weight is 440 g/mol. The van der Waals surface area contributed by atoms with Crippen LogP contribution in [0.3, 0.4) is 0 Å². The van der Waals surface area contributed by atoms with E-state index in [0.29, 0.717) is 12.5 Å². The lowest BCUT2D eigenvalue weighted by molar-refractivity contribution is 0.207. The number of H-pyrrole nitrogens is 2. The molecule has 2 N–H and O–H groups in total. The van der Waals surface area contributed by atoms with Crippen molar-refractivity contribution < 1.29 is 4.74 Å². The van der Waals surface area contributed by atoms with E-state index in [1.807, 2.05) is 18.3 Å². The van der Waals surface area contributed by atoms with E-state index in [9.17, 15) is 0 Å². The van der Waals surface area contributed by atoms with E-state index in [4.69, 9.17) is 9.73 Å². The van der Waals surface area contributed by atoms with Crippen LogP contribution in [0.15, 0.2) is 89.5 Å². The SMILES string of the molecule is C1=C(OCc2ccccc2)/C(=C/C2CCCCCCCc3cc(c[nH]3)C2)N=C1c1ccc[nH]1. The predicted molar refractivity (Wildman–Crippen MR) is 134 cm³/mol. The summed E-state index contributed by atoms with van der Waals surface area (Å²) in [6.07, 6.45) is 18.5. The summed E-state index contributed by atoms with van der Waals surface area (Å²) in [5, 5.41) is 0. The third kappa shape index (κ3) is 5.75. The third-order valence-corrected chi connectivity index (χ3v) is 6.59. The van der Waals surface area contributed by atoms with Crippen LogP contribution in [-0.4, -0.2) is 15.7 Å². The van der Waals surface area contributed by atoms with Gasteiger partial charge in [-0.1, -0.05) is 62.1 Å². The van der Waals surface area contributed by atoms with Crippen molar-refractivity contribution in [2.75, 3.05) is 0 Å². The molecule has 4 heteroatoms. The lowest BCUT2D eigenvalue weighted by Crippen LogP contribution is -2.04. The van der Waals surface area contributed by atoms with Crippen LogP contribution in [0.1, 0.15) is 61.0 Å². The molecule has 0 amide bonds. The summed E-state index contributed by atoms with van der Waals surface area (Å²) in [6, 6.07) is 16.8. The molecule has 0 spiro atoms. The molecule has 170 valence electrons. The number of ether oxygens (including phenoxy) is 1. The van der Waals surface area contributed by atoms with Gasteiger partial charge >= 0.3 is 0 Å². The Hall–Kier alpha value is -3.27. The van der Waals surface area contributed by atoms with Crippen LogP contribution in [-0.2, 0) is 24.2 Å². The fourth-order valence-electron chi connectivity index (χ4n) is 4.79. The van der Waals surface area contributed by atoms with Crippen molar-refractivity contribution in [1.82, 2.24) is 9.97 Å². The minimum atomic E-state index is 0.443. The van der Waals surface area contributed by atoms with Crippen molar-refractivity contribution in [3.8, 4) is 0 Å². The molecule has 0 radical (unpaired) electrons. The Morgan fingerprint density at radius 1 is 0.970 bits per heavy atom. The van der Waals surface area contributed by atoms with Gasteiger partial charge in [0.15, 0.2) is 0 Å². The number of aliphatic imine (C=N–C) groups is 1. The number of nitrogens with one attached hydrogen (secondary N) is 2. The van der Waals surface area contributed by atoms with E-state index >= 15 is 0 Å². The zero-order chi connectivity index (χ0) is 22.3. The molecule has 1 atom stereocenters. The van der Waals surface area contributed by atoms with Gasteiger partial charge < -0.3 is 14.7 Å². The fourth-order valence-corrected chi connectivity index (χ4v) is 4.79. The summed E-state index contributed by atoms with van der Waals surface area (Å²) in [5.74, 6) is 1.31. The number of nitrogens with zero attached hydrogens (tertiary/aromatic N) is 1. The highest BCUT2D eigenvalue weighted by atomic mass is 16.5. The molecular formula is C29H33N3O. The quantitative estimate of drug-likeness (QED) is 0.447. The molecule has 1 aliphatic heterocycles. The number of rotatable bonds is 5. The van der Waals surface area contributed by atoms with Crippen molar-refractivity contribution in [3.63, 3.8) is 0 Å². The van der Waals surface area contributed by atoms with Crippen molar-refractivity contribution in [2.24, 2.45) is 10.9 Å². The summed E-state index contributed by atoms with van der Waals surface area (Å²) in [6.45, 7) is 0.545.